The van der Waals surface area contributed by atoms with Gasteiger partial charge in [0.15, 0.2) is 0 Å². The van der Waals surface area contributed by atoms with Gasteiger partial charge in [-0.1, -0.05) is 13.3 Å². The number of unbranched alkanes of at least 4 members (excludes halogenated alkanes) is 1. The standard InChI is InChI=1S/C10H19N3/c1-4-5-6-11-7-10-8-13(3)12-9(10)2/h8,11H,4-7H2,1-3H3. The van der Waals surface area contributed by atoms with Crippen molar-refractivity contribution in [2.75, 3.05) is 6.54 Å². The summed E-state index contributed by atoms with van der Waals surface area (Å²) in [6, 6.07) is 0. The highest BCUT2D eigenvalue weighted by Crippen LogP contribution is 2.03. The van der Waals surface area contributed by atoms with Crippen molar-refractivity contribution in [1.29, 1.82) is 0 Å². The number of aromatic nitrogens is 2. The minimum atomic E-state index is 0.944. The lowest BCUT2D eigenvalue weighted by atomic mass is 10.2. The van der Waals surface area contributed by atoms with Crippen LogP contribution in [0.3, 0.4) is 0 Å². The normalized spacial score (nSPS) is 10.7. The van der Waals surface area contributed by atoms with Crippen molar-refractivity contribution >= 4 is 0 Å². The predicted molar refractivity (Wildman–Crippen MR) is 54.6 cm³/mol. The summed E-state index contributed by atoms with van der Waals surface area (Å²) in [7, 11) is 1.96. The molecule has 0 aliphatic rings. The predicted octanol–water partition coefficient (Wildman–Crippen LogP) is 1.62. The van der Waals surface area contributed by atoms with Crippen LogP contribution < -0.4 is 5.32 Å². The molecule has 0 fully saturated rings. The highest BCUT2D eigenvalue weighted by atomic mass is 15.2. The number of hydrogen-bond donors (Lipinski definition) is 1. The molecule has 0 aliphatic heterocycles. The summed E-state index contributed by atoms with van der Waals surface area (Å²) in [5.41, 5.74) is 2.44. The average Bonchev–Trinajstić information content (AvgIpc) is 2.39. The highest BCUT2D eigenvalue weighted by molar-refractivity contribution is 5.14. The third kappa shape index (κ3) is 3.19. The lowest BCUT2D eigenvalue weighted by Crippen LogP contribution is -2.14. The van der Waals surface area contributed by atoms with Gasteiger partial charge in [-0.2, -0.15) is 5.10 Å². The van der Waals surface area contributed by atoms with E-state index in [0.717, 1.165) is 18.8 Å². The molecule has 74 valence electrons. The van der Waals surface area contributed by atoms with Crippen LogP contribution in [0, 0.1) is 6.92 Å². The van der Waals surface area contributed by atoms with Crippen molar-refractivity contribution in [2.24, 2.45) is 7.05 Å². The Morgan fingerprint density at radius 1 is 1.54 bits per heavy atom. The molecule has 0 aliphatic carbocycles. The molecule has 3 nitrogen and oxygen atoms in total. The molecular weight excluding hydrogens is 162 g/mol. The first-order chi connectivity index (χ1) is 6.24. The summed E-state index contributed by atoms with van der Waals surface area (Å²) in [4.78, 5) is 0. The van der Waals surface area contributed by atoms with Crippen LogP contribution in [0.2, 0.25) is 0 Å². The maximum atomic E-state index is 4.29. The minimum Gasteiger partial charge on any atom is -0.313 e. The van der Waals surface area contributed by atoms with Gasteiger partial charge in [-0.25, -0.2) is 0 Å². The van der Waals surface area contributed by atoms with E-state index in [4.69, 9.17) is 0 Å². The molecule has 13 heavy (non-hydrogen) atoms. The Labute approximate surface area is 80.1 Å². The van der Waals surface area contributed by atoms with Crippen LogP contribution in [-0.2, 0) is 13.6 Å². The second-order valence-corrected chi connectivity index (χ2v) is 3.44. The molecule has 0 saturated carbocycles. The molecular formula is C10H19N3. The van der Waals surface area contributed by atoms with Gasteiger partial charge < -0.3 is 5.32 Å². The first-order valence-electron chi connectivity index (χ1n) is 4.94. The summed E-state index contributed by atoms with van der Waals surface area (Å²) in [5, 5.41) is 7.69. The number of rotatable bonds is 5. The van der Waals surface area contributed by atoms with Crippen molar-refractivity contribution in [3.05, 3.63) is 17.5 Å². The van der Waals surface area contributed by atoms with E-state index in [0.29, 0.717) is 0 Å². The Morgan fingerprint density at radius 3 is 2.85 bits per heavy atom. The molecule has 3 heteroatoms. The maximum Gasteiger partial charge on any atom is 0.0638 e. The Bertz CT molecular complexity index is 253. The Balaban J connectivity index is 2.32. The number of hydrogen-bond acceptors (Lipinski definition) is 2. The minimum absolute atomic E-state index is 0.944. The highest BCUT2D eigenvalue weighted by Gasteiger charge is 2.00. The second-order valence-electron chi connectivity index (χ2n) is 3.44. The monoisotopic (exact) mass is 181 g/mol. The van der Waals surface area contributed by atoms with E-state index in [-0.39, 0.29) is 0 Å². The van der Waals surface area contributed by atoms with Gasteiger partial charge in [-0.3, -0.25) is 4.68 Å². The Kier molecular flexibility index (Phi) is 3.96. The molecule has 0 saturated heterocycles. The number of aryl methyl sites for hydroxylation is 2. The largest absolute Gasteiger partial charge is 0.313 e. The van der Waals surface area contributed by atoms with Crippen LogP contribution in [0.1, 0.15) is 31.0 Å². The Morgan fingerprint density at radius 2 is 2.31 bits per heavy atom. The average molecular weight is 181 g/mol. The molecule has 1 N–H and O–H groups in total. The van der Waals surface area contributed by atoms with Crippen molar-refractivity contribution in [3.8, 4) is 0 Å². The third-order valence-corrected chi connectivity index (χ3v) is 2.14. The lowest BCUT2D eigenvalue weighted by molar-refractivity contribution is 0.639. The summed E-state index contributed by atoms with van der Waals surface area (Å²) in [5.74, 6) is 0. The summed E-state index contributed by atoms with van der Waals surface area (Å²) >= 11 is 0. The number of nitrogens with one attached hydrogen (secondary N) is 1. The summed E-state index contributed by atoms with van der Waals surface area (Å²) in [6.07, 6.45) is 4.58. The summed E-state index contributed by atoms with van der Waals surface area (Å²) < 4.78 is 1.87. The third-order valence-electron chi connectivity index (χ3n) is 2.14. The zero-order chi connectivity index (χ0) is 9.68. The molecule has 0 aromatic carbocycles. The van der Waals surface area contributed by atoms with Crippen molar-refractivity contribution < 1.29 is 0 Å². The second kappa shape index (κ2) is 5.02. The zero-order valence-electron chi connectivity index (χ0n) is 8.80. The zero-order valence-corrected chi connectivity index (χ0v) is 8.80. The van der Waals surface area contributed by atoms with Crippen LogP contribution >= 0.6 is 0 Å². The van der Waals surface area contributed by atoms with Crippen LogP contribution in [0.5, 0.6) is 0 Å². The van der Waals surface area contributed by atoms with Crippen LogP contribution in [0.4, 0.5) is 0 Å². The maximum absolute atomic E-state index is 4.29. The first-order valence-corrected chi connectivity index (χ1v) is 4.94. The van der Waals surface area contributed by atoms with Gasteiger partial charge in [-0.15, -0.1) is 0 Å². The van der Waals surface area contributed by atoms with E-state index in [1.165, 1.54) is 18.4 Å². The molecule has 1 aromatic heterocycles. The van der Waals surface area contributed by atoms with Crippen molar-refractivity contribution in [2.45, 2.75) is 33.2 Å². The van der Waals surface area contributed by atoms with E-state index in [1.807, 2.05) is 11.7 Å². The molecule has 0 bridgehead atoms. The van der Waals surface area contributed by atoms with Gasteiger partial charge in [-0.05, 0) is 19.9 Å². The quantitative estimate of drug-likeness (QED) is 0.699. The smallest absolute Gasteiger partial charge is 0.0638 e. The van der Waals surface area contributed by atoms with E-state index in [2.05, 4.69) is 30.5 Å². The fraction of sp³-hybridized carbons (Fsp3) is 0.700. The van der Waals surface area contributed by atoms with Crippen molar-refractivity contribution in [1.82, 2.24) is 15.1 Å². The number of nitrogens with zero attached hydrogens (tertiary/aromatic N) is 2. The molecule has 1 rings (SSSR count). The van der Waals surface area contributed by atoms with Crippen LogP contribution in [-0.4, -0.2) is 16.3 Å². The van der Waals surface area contributed by atoms with Crippen LogP contribution in [0.15, 0.2) is 6.20 Å². The van der Waals surface area contributed by atoms with E-state index in [9.17, 15) is 0 Å². The molecule has 0 amide bonds. The first kappa shape index (κ1) is 10.3. The van der Waals surface area contributed by atoms with Gasteiger partial charge in [0.25, 0.3) is 0 Å². The van der Waals surface area contributed by atoms with E-state index < -0.39 is 0 Å². The van der Waals surface area contributed by atoms with Gasteiger partial charge >= 0.3 is 0 Å². The van der Waals surface area contributed by atoms with Gasteiger partial charge in [0.1, 0.15) is 0 Å². The molecule has 0 spiro atoms. The molecule has 1 aromatic rings. The molecule has 0 atom stereocenters. The van der Waals surface area contributed by atoms with E-state index in [1.54, 1.807) is 0 Å². The fourth-order valence-electron chi connectivity index (χ4n) is 1.35. The SMILES string of the molecule is CCCCNCc1cn(C)nc1C. The summed E-state index contributed by atoms with van der Waals surface area (Å²) in [6.45, 7) is 6.30. The topological polar surface area (TPSA) is 29.9 Å². The fourth-order valence-corrected chi connectivity index (χ4v) is 1.35. The molecule has 0 unspecified atom stereocenters. The Hall–Kier alpha value is -0.830. The molecule has 0 radical (unpaired) electrons. The lowest BCUT2D eigenvalue weighted by Gasteiger charge is -2.01. The van der Waals surface area contributed by atoms with Crippen LogP contribution in [0.25, 0.3) is 0 Å². The van der Waals surface area contributed by atoms with E-state index >= 15 is 0 Å². The van der Waals surface area contributed by atoms with Gasteiger partial charge in [0.05, 0.1) is 5.69 Å². The van der Waals surface area contributed by atoms with Gasteiger partial charge in [0.2, 0.25) is 0 Å². The van der Waals surface area contributed by atoms with Crippen molar-refractivity contribution in [3.63, 3.8) is 0 Å². The van der Waals surface area contributed by atoms with Gasteiger partial charge in [0, 0.05) is 25.4 Å². The molecule has 1 heterocycles.